The zero-order chi connectivity index (χ0) is 18.7. The van der Waals surface area contributed by atoms with Gasteiger partial charge in [0.05, 0.1) is 6.54 Å². The number of halogens is 1. The van der Waals surface area contributed by atoms with Crippen LogP contribution in [0.3, 0.4) is 0 Å². The fourth-order valence-corrected chi connectivity index (χ4v) is 3.86. The Labute approximate surface area is 157 Å². The summed E-state index contributed by atoms with van der Waals surface area (Å²) in [4.78, 5) is 37.0. The average molecular weight is 379 g/mol. The van der Waals surface area contributed by atoms with E-state index < -0.39 is 17.5 Å². The second-order valence-corrected chi connectivity index (χ2v) is 7.28. The highest BCUT2D eigenvalue weighted by atomic mass is 35.5. The van der Waals surface area contributed by atoms with Crippen molar-refractivity contribution in [2.24, 2.45) is 0 Å². The van der Waals surface area contributed by atoms with Crippen molar-refractivity contribution in [3.05, 3.63) is 34.9 Å². The molecule has 1 aromatic rings. The number of hydrazine groups is 1. The summed E-state index contributed by atoms with van der Waals surface area (Å²) < 4.78 is 0. The van der Waals surface area contributed by atoms with Crippen LogP contribution in [0.25, 0.3) is 0 Å². The number of carbonyl (C=O) groups excluding carboxylic acids is 3. The number of nitrogens with zero attached hydrogens (tertiary/aromatic N) is 1. The monoisotopic (exact) mass is 378 g/mol. The predicted octanol–water partition coefficient (Wildman–Crippen LogP) is 2.28. The number of carbonyl (C=O) groups is 3. The van der Waals surface area contributed by atoms with E-state index in [4.69, 9.17) is 11.6 Å². The largest absolute Gasteiger partial charge is 0.344 e. The molecule has 8 heteroatoms. The van der Waals surface area contributed by atoms with Crippen LogP contribution in [0.2, 0.25) is 5.02 Å². The van der Waals surface area contributed by atoms with E-state index >= 15 is 0 Å². The van der Waals surface area contributed by atoms with Gasteiger partial charge >= 0.3 is 6.03 Å². The van der Waals surface area contributed by atoms with Gasteiger partial charge in [0.2, 0.25) is 0 Å². The van der Waals surface area contributed by atoms with Gasteiger partial charge in [0.25, 0.3) is 11.8 Å². The third-order valence-corrected chi connectivity index (χ3v) is 5.39. The van der Waals surface area contributed by atoms with Crippen LogP contribution >= 0.6 is 11.6 Å². The summed E-state index contributed by atoms with van der Waals surface area (Å²) in [6.07, 6.45) is 4.08. The minimum absolute atomic E-state index is 0.0452. The minimum atomic E-state index is -0.846. The van der Waals surface area contributed by atoms with E-state index in [1.165, 1.54) is 0 Å². The van der Waals surface area contributed by atoms with Gasteiger partial charge < -0.3 is 10.6 Å². The Kier molecular flexibility index (Phi) is 5.48. The second kappa shape index (κ2) is 7.63. The number of urea groups is 1. The summed E-state index contributed by atoms with van der Waals surface area (Å²) >= 11 is 6.15. The van der Waals surface area contributed by atoms with Crippen molar-refractivity contribution < 1.29 is 14.4 Å². The van der Waals surface area contributed by atoms with Crippen molar-refractivity contribution in [1.29, 1.82) is 0 Å². The van der Waals surface area contributed by atoms with Crippen LogP contribution < -0.4 is 16.1 Å². The Bertz CT molecular complexity index is 718. The zero-order valence-corrected chi connectivity index (χ0v) is 15.4. The van der Waals surface area contributed by atoms with Gasteiger partial charge in [-0.2, -0.15) is 5.01 Å². The number of nitrogens with one attached hydrogen (secondary N) is 3. The van der Waals surface area contributed by atoms with Gasteiger partial charge in [-0.3, -0.25) is 15.0 Å². The van der Waals surface area contributed by atoms with Crippen LogP contribution in [0.5, 0.6) is 0 Å². The van der Waals surface area contributed by atoms with Crippen molar-refractivity contribution in [3.8, 4) is 0 Å². The van der Waals surface area contributed by atoms with Crippen molar-refractivity contribution in [2.45, 2.75) is 50.6 Å². The van der Waals surface area contributed by atoms with Gasteiger partial charge in [-0.1, -0.05) is 49.1 Å². The molecule has 0 unspecified atom stereocenters. The molecule has 3 rings (SSSR count). The molecule has 1 aliphatic carbocycles. The molecular weight excluding hydrogens is 356 g/mol. The Morgan fingerprint density at radius 2 is 1.96 bits per heavy atom. The van der Waals surface area contributed by atoms with Gasteiger partial charge in [0.15, 0.2) is 0 Å². The maximum Gasteiger partial charge on any atom is 0.344 e. The topological polar surface area (TPSA) is 90.5 Å². The lowest BCUT2D eigenvalue weighted by Gasteiger charge is -2.30. The fourth-order valence-electron chi connectivity index (χ4n) is 3.56. The lowest BCUT2D eigenvalue weighted by atomic mass is 9.82. The SMILES string of the molecule is C[C@@H](NCC(=O)NN1C(=O)NC2(CCCCC2)C1=O)c1ccccc1Cl. The Hall–Kier alpha value is -2.12. The van der Waals surface area contributed by atoms with E-state index in [0.717, 1.165) is 29.8 Å². The molecule has 0 aromatic heterocycles. The molecule has 1 saturated heterocycles. The Morgan fingerprint density at radius 3 is 2.65 bits per heavy atom. The molecule has 1 spiro atoms. The highest BCUT2D eigenvalue weighted by Gasteiger charge is 2.52. The van der Waals surface area contributed by atoms with Gasteiger partial charge in [-0.05, 0) is 31.4 Å². The third-order valence-electron chi connectivity index (χ3n) is 5.05. The zero-order valence-electron chi connectivity index (χ0n) is 14.7. The highest BCUT2D eigenvalue weighted by molar-refractivity contribution is 6.31. The van der Waals surface area contributed by atoms with Crippen LogP contribution in [0.4, 0.5) is 4.79 Å². The maximum atomic E-state index is 12.6. The summed E-state index contributed by atoms with van der Waals surface area (Å²) in [6, 6.07) is 6.65. The smallest absolute Gasteiger partial charge is 0.322 e. The predicted molar refractivity (Wildman–Crippen MR) is 97.2 cm³/mol. The number of hydrogen-bond donors (Lipinski definition) is 3. The van der Waals surface area contributed by atoms with E-state index in [1.807, 2.05) is 25.1 Å². The Morgan fingerprint density at radius 1 is 1.27 bits per heavy atom. The first kappa shape index (κ1) is 18.7. The van der Waals surface area contributed by atoms with Crippen molar-refractivity contribution in [3.63, 3.8) is 0 Å². The van der Waals surface area contributed by atoms with Crippen LogP contribution in [-0.4, -0.2) is 34.9 Å². The second-order valence-electron chi connectivity index (χ2n) is 6.87. The summed E-state index contributed by atoms with van der Waals surface area (Å²) in [5.41, 5.74) is 2.44. The molecule has 2 aliphatic rings. The maximum absolute atomic E-state index is 12.6. The van der Waals surface area contributed by atoms with Gasteiger partial charge in [-0.15, -0.1) is 0 Å². The van der Waals surface area contributed by atoms with Crippen LogP contribution in [0.1, 0.15) is 50.6 Å². The molecule has 7 nitrogen and oxygen atoms in total. The summed E-state index contributed by atoms with van der Waals surface area (Å²) in [5.74, 6) is -0.824. The molecule has 26 heavy (non-hydrogen) atoms. The minimum Gasteiger partial charge on any atom is -0.322 e. The molecule has 0 radical (unpaired) electrons. The number of amides is 4. The van der Waals surface area contributed by atoms with Crippen molar-refractivity contribution in [1.82, 2.24) is 21.1 Å². The van der Waals surface area contributed by atoms with Gasteiger partial charge in [0, 0.05) is 11.1 Å². The first-order chi connectivity index (χ1) is 12.4. The first-order valence-electron chi connectivity index (χ1n) is 8.87. The van der Waals surface area contributed by atoms with E-state index in [1.54, 1.807) is 6.07 Å². The normalized spacial score (nSPS) is 20.2. The summed E-state index contributed by atoms with van der Waals surface area (Å²) in [6.45, 7) is 1.84. The van der Waals surface area contributed by atoms with E-state index in [0.29, 0.717) is 17.9 Å². The molecule has 140 valence electrons. The van der Waals surface area contributed by atoms with Crippen molar-refractivity contribution >= 4 is 29.4 Å². The number of imide groups is 1. The summed E-state index contributed by atoms with van der Waals surface area (Å²) in [7, 11) is 0. The van der Waals surface area contributed by atoms with E-state index in [9.17, 15) is 14.4 Å². The number of rotatable bonds is 5. The van der Waals surface area contributed by atoms with Gasteiger partial charge in [0.1, 0.15) is 5.54 Å². The first-order valence-corrected chi connectivity index (χ1v) is 9.25. The van der Waals surface area contributed by atoms with E-state index in [2.05, 4.69) is 16.1 Å². The van der Waals surface area contributed by atoms with Crippen LogP contribution in [0, 0.1) is 0 Å². The molecule has 3 N–H and O–H groups in total. The lowest BCUT2D eigenvalue weighted by molar-refractivity contribution is -0.139. The standard InChI is InChI=1S/C18H23ClN4O3/c1-12(13-7-3-4-8-14(13)19)20-11-15(24)22-23-16(25)18(21-17(23)26)9-5-2-6-10-18/h3-4,7-8,12,20H,2,5-6,9-11H2,1H3,(H,21,26)(H,22,24)/t12-/m1/s1. The van der Waals surface area contributed by atoms with Crippen LogP contribution in [-0.2, 0) is 9.59 Å². The molecule has 1 atom stereocenters. The molecule has 1 heterocycles. The molecule has 1 saturated carbocycles. The molecule has 1 aromatic carbocycles. The molecule has 4 amide bonds. The number of benzene rings is 1. The van der Waals surface area contributed by atoms with E-state index in [-0.39, 0.29) is 18.5 Å². The Balaban J connectivity index is 1.56. The molecule has 0 bridgehead atoms. The molecule has 1 aliphatic heterocycles. The third kappa shape index (κ3) is 3.68. The van der Waals surface area contributed by atoms with Crippen LogP contribution in [0.15, 0.2) is 24.3 Å². The number of hydrogen-bond acceptors (Lipinski definition) is 4. The molecular formula is C18H23ClN4O3. The quantitative estimate of drug-likeness (QED) is 0.685. The van der Waals surface area contributed by atoms with Gasteiger partial charge in [-0.25, -0.2) is 4.79 Å². The van der Waals surface area contributed by atoms with Crippen molar-refractivity contribution in [2.75, 3.05) is 6.54 Å². The molecule has 2 fully saturated rings. The summed E-state index contributed by atoms with van der Waals surface area (Å²) in [5, 5.41) is 7.23. The highest BCUT2D eigenvalue weighted by Crippen LogP contribution is 2.33. The fraction of sp³-hybridized carbons (Fsp3) is 0.500. The lowest BCUT2D eigenvalue weighted by Crippen LogP contribution is -2.52. The average Bonchev–Trinajstić information content (AvgIpc) is 2.85.